The molecule has 1 heterocycles. The molecule has 2 aromatic rings. The van der Waals surface area contributed by atoms with Crippen LogP contribution in [0.15, 0.2) is 48.7 Å². The van der Waals surface area contributed by atoms with Crippen molar-refractivity contribution in [3.05, 3.63) is 65.5 Å². The number of hydrogen-bond acceptors (Lipinski definition) is 2. The van der Waals surface area contributed by atoms with Gasteiger partial charge in [-0.2, -0.15) is 0 Å². The summed E-state index contributed by atoms with van der Waals surface area (Å²) in [6, 6.07) is 13.7. The highest BCUT2D eigenvalue weighted by atomic mass is 16.1. The molecule has 2 rings (SSSR count). The smallest absolute Gasteiger partial charge is 0.185 e. The number of Topliss-reactive ketones (excluding diaryl/α,β-unsaturated/α-hetero) is 1. The number of rotatable bonds is 3. The SMILES string of the molecule is CC(C)(C)c1ccc(CC(=O)c2ccccn2)cc1. The van der Waals surface area contributed by atoms with Crippen LogP contribution in [-0.2, 0) is 11.8 Å². The van der Waals surface area contributed by atoms with Crippen molar-refractivity contribution in [1.29, 1.82) is 0 Å². The lowest BCUT2D eigenvalue weighted by molar-refractivity contribution is 0.0988. The number of nitrogens with zero attached hydrogens (tertiary/aromatic N) is 1. The summed E-state index contributed by atoms with van der Waals surface area (Å²) in [4.78, 5) is 16.1. The molecule has 0 saturated heterocycles. The molecule has 2 nitrogen and oxygen atoms in total. The van der Waals surface area contributed by atoms with Crippen LogP contribution in [0.25, 0.3) is 0 Å². The van der Waals surface area contributed by atoms with Crippen LogP contribution >= 0.6 is 0 Å². The normalized spacial score (nSPS) is 11.3. The quantitative estimate of drug-likeness (QED) is 0.779. The van der Waals surface area contributed by atoms with E-state index in [0.29, 0.717) is 12.1 Å². The largest absolute Gasteiger partial charge is 0.292 e. The second-order valence-corrected chi connectivity index (χ2v) is 5.76. The fourth-order valence-corrected chi connectivity index (χ4v) is 1.93. The Hall–Kier alpha value is -1.96. The molecule has 0 spiro atoms. The van der Waals surface area contributed by atoms with Crippen molar-refractivity contribution in [2.75, 3.05) is 0 Å². The maximum Gasteiger partial charge on any atom is 0.185 e. The molecule has 19 heavy (non-hydrogen) atoms. The zero-order chi connectivity index (χ0) is 13.9. The summed E-state index contributed by atoms with van der Waals surface area (Å²) in [5, 5.41) is 0. The average molecular weight is 253 g/mol. The average Bonchev–Trinajstić information content (AvgIpc) is 2.39. The number of benzene rings is 1. The Bertz CT molecular complexity index is 550. The van der Waals surface area contributed by atoms with Gasteiger partial charge in [0, 0.05) is 12.6 Å². The second-order valence-electron chi connectivity index (χ2n) is 5.76. The van der Waals surface area contributed by atoms with E-state index in [9.17, 15) is 4.79 Å². The van der Waals surface area contributed by atoms with E-state index in [4.69, 9.17) is 0 Å². The van der Waals surface area contributed by atoms with Crippen molar-refractivity contribution in [3.8, 4) is 0 Å². The van der Waals surface area contributed by atoms with Crippen LogP contribution in [0.1, 0.15) is 42.4 Å². The maximum absolute atomic E-state index is 12.0. The predicted molar refractivity (Wildman–Crippen MR) is 77.4 cm³/mol. The van der Waals surface area contributed by atoms with E-state index < -0.39 is 0 Å². The van der Waals surface area contributed by atoms with Gasteiger partial charge in [-0.15, -0.1) is 0 Å². The minimum Gasteiger partial charge on any atom is -0.292 e. The van der Waals surface area contributed by atoms with Gasteiger partial charge < -0.3 is 0 Å². The summed E-state index contributed by atoms with van der Waals surface area (Å²) in [5.74, 6) is 0.0594. The Labute approximate surface area is 114 Å². The number of carbonyl (C=O) groups is 1. The highest BCUT2D eigenvalue weighted by Crippen LogP contribution is 2.22. The molecule has 1 aromatic heterocycles. The molecule has 0 fully saturated rings. The first-order chi connectivity index (χ1) is 8.97. The van der Waals surface area contributed by atoms with Crippen molar-refractivity contribution in [2.45, 2.75) is 32.6 Å². The van der Waals surface area contributed by atoms with Gasteiger partial charge in [-0.3, -0.25) is 9.78 Å². The standard InChI is InChI=1S/C17H19NO/c1-17(2,3)14-9-7-13(8-10-14)12-16(19)15-6-4-5-11-18-15/h4-11H,12H2,1-3H3. The minimum atomic E-state index is 0.0594. The number of hydrogen-bond donors (Lipinski definition) is 0. The van der Waals surface area contributed by atoms with Crippen LogP contribution < -0.4 is 0 Å². The lowest BCUT2D eigenvalue weighted by Gasteiger charge is -2.19. The Morgan fingerprint density at radius 2 is 1.74 bits per heavy atom. The van der Waals surface area contributed by atoms with E-state index in [1.54, 1.807) is 12.3 Å². The minimum absolute atomic E-state index is 0.0594. The fraction of sp³-hybridized carbons (Fsp3) is 0.294. The molecule has 0 radical (unpaired) electrons. The molecule has 0 amide bonds. The predicted octanol–water partition coefficient (Wildman–Crippen LogP) is 3.80. The van der Waals surface area contributed by atoms with E-state index in [1.807, 2.05) is 24.3 Å². The first kappa shape index (κ1) is 13.5. The number of aromatic nitrogens is 1. The van der Waals surface area contributed by atoms with Crippen LogP contribution in [0.4, 0.5) is 0 Å². The number of pyridine rings is 1. The molecular formula is C17H19NO. The Balaban J connectivity index is 2.10. The topological polar surface area (TPSA) is 30.0 Å². The summed E-state index contributed by atoms with van der Waals surface area (Å²) in [6.07, 6.45) is 2.05. The molecular weight excluding hydrogens is 234 g/mol. The zero-order valence-electron chi connectivity index (χ0n) is 11.7. The van der Waals surface area contributed by atoms with E-state index in [-0.39, 0.29) is 11.2 Å². The van der Waals surface area contributed by atoms with Crippen LogP contribution in [0.5, 0.6) is 0 Å². The molecule has 0 saturated carbocycles. The highest BCUT2D eigenvalue weighted by molar-refractivity contribution is 5.95. The van der Waals surface area contributed by atoms with Crippen molar-refractivity contribution in [3.63, 3.8) is 0 Å². The Kier molecular flexibility index (Phi) is 3.79. The summed E-state index contributed by atoms with van der Waals surface area (Å²) in [6.45, 7) is 6.54. The molecule has 0 aliphatic carbocycles. The molecule has 1 aromatic carbocycles. The van der Waals surface area contributed by atoms with Gasteiger partial charge in [-0.1, -0.05) is 51.1 Å². The lowest BCUT2D eigenvalue weighted by atomic mass is 9.86. The summed E-state index contributed by atoms with van der Waals surface area (Å²) in [5.41, 5.74) is 2.98. The molecule has 0 aliphatic rings. The van der Waals surface area contributed by atoms with Crippen LogP contribution in [0.2, 0.25) is 0 Å². The Morgan fingerprint density at radius 1 is 1.05 bits per heavy atom. The number of carbonyl (C=O) groups excluding carboxylic acids is 1. The van der Waals surface area contributed by atoms with Gasteiger partial charge in [0.25, 0.3) is 0 Å². The lowest BCUT2D eigenvalue weighted by Crippen LogP contribution is -2.11. The van der Waals surface area contributed by atoms with E-state index in [1.165, 1.54) is 5.56 Å². The van der Waals surface area contributed by atoms with Gasteiger partial charge in [-0.05, 0) is 28.7 Å². The molecule has 0 atom stereocenters. The molecule has 98 valence electrons. The Morgan fingerprint density at radius 3 is 2.26 bits per heavy atom. The van der Waals surface area contributed by atoms with Crippen molar-refractivity contribution in [1.82, 2.24) is 4.98 Å². The second kappa shape index (κ2) is 5.35. The zero-order valence-corrected chi connectivity index (χ0v) is 11.7. The van der Waals surface area contributed by atoms with Gasteiger partial charge in [0.2, 0.25) is 0 Å². The van der Waals surface area contributed by atoms with Crippen LogP contribution in [-0.4, -0.2) is 10.8 Å². The van der Waals surface area contributed by atoms with Gasteiger partial charge in [-0.25, -0.2) is 0 Å². The third-order valence-electron chi connectivity index (χ3n) is 3.14. The van der Waals surface area contributed by atoms with Gasteiger partial charge in [0.1, 0.15) is 5.69 Å². The van der Waals surface area contributed by atoms with Gasteiger partial charge in [0.05, 0.1) is 0 Å². The molecule has 0 unspecified atom stereocenters. The van der Waals surface area contributed by atoms with Crippen LogP contribution in [0.3, 0.4) is 0 Å². The van der Waals surface area contributed by atoms with E-state index in [0.717, 1.165) is 5.56 Å². The molecule has 0 N–H and O–H groups in total. The van der Waals surface area contributed by atoms with Gasteiger partial charge in [0.15, 0.2) is 5.78 Å². The first-order valence-electron chi connectivity index (χ1n) is 6.50. The van der Waals surface area contributed by atoms with E-state index in [2.05, 4.69) is 37.9 Å². The molecule has 0 aliphatic heterocycles. The molecule has 0 bridgehead atoms. The highest BCUT2D eigenvalue weighted by Gasteiger charge is 2.13. The van der Waals surface area contributed by atoms with E-state index >= 15 is 0 Å². The first-order valence-corrected chi connectivity index (χ1v) is 6.50. The maximum atomic E-state index is 12.0. The van der Waals surface area contributed by atoms with Crippen molar-refractivity contribution < 1.29 is 4.79 Å². The monoisotopic (exact) mass is 253 g/mol. The van der Waals surface area contributed by atoms with Crippen molar-refractivity contribution in [2.24, 2.45) is 0 Å². The molecule has 2 heteroatoms. The third-order valence-corrected chi connectivity index (χ3v) is 3.14. The summed E-state index contributed by atoms with van der Waals surface area (Å²) < 4.78 is 0. The van der Waals surface area contributed by atoms with Crippen LogP contribution in [0, 0.1) is 0 Å². The third kappa shape index (κ3) is 3.50. The summed E-state index contributed by atoms with van der Waals surface area (Å²) >= 11 is 0. The summed E-state index contributed by atoms with van der Waals surface area (Å²) in [7, 11) is 0. The van der Waals surface area contributed by atoms with Gasteiger partial charge >= 0.3 is 0 Å². The number of ketones is 1. The fourth-order valence-electron chi connectivity index (χ4n) is 1.93. The van der Waals surface area contributed by atoms with Crippen molar-refractivity contribution >= 4 is 5.78 Å².